The first kappa shape index (κ1) is 17.3. The molecule has 26 heavy (non-hydrogen) atoms. The van der Waals surface area contributed by atoms with Crippen LogP contribution in [0.25, 0.3) is 11.3 Å². The lowest BCUT2D eigenvalue weighted by Crippen LogP contribution is -2.27. The Morgan fingerprint density at radius 1 is 1.19 bits per heavy atom. The zero-order valence-electron chi connectivity index (χ0n) is 15.1. The molecule has 0 bridgehead atoms. The van der Waals surface area contributed by atoms with Gasteiger partial charge in [0, 0.05) is 28.6 Å². The van der Waals surface area contributed by atoms with Crippen molar-refractivity contribution in [3.8, 4) is 17.0 Å². The van der Waals surface area contributed by atoms with Crippen LogP contribution in [0.2, 0.25) is 0 Å². The molecule has 0 amide bonds. The molecule has 0 aliphatic carbocycles. The van der Waals surface area contributed by atoms with Crippen molar-refractivity contribution in [2.75, 3.05) is 13.7 Å². The van der Waals surface area contributed by atoms with Crippen molar-refractivity contribution in [2.24, 2.45) is 0 Å². The number of aromatic nitrogens is 2. The summed E-state index contributed by atoms with van der Waals surface area (Å²) in [6, 6.07) is 13.2. The van der Waals surface area contributed by atoms with E-state index in [2.05, 4.69) is 44.7 Å². The molecule has 0 radical (unpaired) electrons. The highest BCUT2D eigenvalue weighted by molar-refractivity contribution is 7.10. The minimum absolute atomic E-state index is 0.524. The van der Waals surface area contributed by atoms with Gasteiger partial charge >= 0.3 is 0 Å². The Kier molecular flexibility index (Phi) is 5.37. The number of methoxy groups -OCH3 is 1. The maximum atomic E-state index is 5.27. The van der Waals surface area contributed by atoms with Crippen molar-refractivity contribution in [2.45, 2.75) is 38.3 Å². The Hall–Kier alpha value is -2.11. The van der Waals surface area contributed by atoms with Crippen molar-refractivity contribution in [1.29, 1.82) is 0 Å². The molecule has 4 rings (SSSR count). The second-order valence-corrected chi connectivity index (χ2v) is 7.83. The van der Waals surface area contributed by atoms with Gasteiger partial charge in [-0.2, -0.15) is 5.10 Å². The summed E-state index contributed by atoms with van der Waals surface area (Å²) < 4.78 is 5.27. The standard InChI is InChI=1S/C21H25N3OS/c1-25-18-10-8-16(9-11-18)21-17(14-22-23-21)15-24-12-4-2-3-6-19(24)20-7-5-13-26-20/h5,7-11,13-14,19H,2-4,6,12,15H2,1H3,(H,22,23). The largest absolute Gasteiger partial charge is 0.497 e. The molecule has 136 valence electrons. The average molecular weight is 368 g/mol. The van der Waals surface area contributed by atoms with E-state index in [0.717, 1.165) is 30.1 Å². The molecule has 1 atom stereocenters. The Balaban J connectivity index is 1.58. The van der Waals surface area contributed by atoms with E-state index in [1.54, 1.807) is 7.11 Å². The van der Waals surface area contributed by atoms with E-state index < -0.39 is 0 Å². The van der Waals surface area contributed by atoms with Crippen LogP contribution in [0.1, 0.15) is 42.2 Å². The third-order valence-electron chi connectivity index (χ3n) is 5.21. The van der Waals surface area contributed by atoms with Gasteiger partial charge in [-0.05, 0) is 55.1 Å². The molecule has 1 aromatic carbocycles. The summed E-state index contributed by atoms with van der Waals surface area (Å²) in [5.74, 6) is 0.875. The molecule has 5 heteroatoms. The molecule has 1 aliphatic heterocycles. The lowest BCUT2D eigenvalue weighted by molar-refractivity contribution is 0.195. The van der Waals surface area contributed by atoms with Crippen LogP contribution < -0.4 is 4.74 Å². The van der Waals surface area contributed by atoms with Gasteiger partial charge in [0.25, 0.3) is 0 Å². The molecule has 1 fully saturated rings. The maximum Gasteiger partial charge on any atom is 0.118 e. The maximum absolute atomic E-state index is 5.27. The molecular weight excluding hydrogens is 342 g/mol. The number of hydrogen-bond acceptors (Lipinski definition) is 4. The number of aromatic amines is 1. The first-order valence-corrected chi connectivity index (χ1v) is 10.2. The molecule has 1 unspecified atom stereocenters. The van der Waals surface area contributed by atoms with Gasteiger partial charge in [-0.1, -0.05) is 18.9 Å². The Morgan fingerprint density at radius 2 is 2.08 bits per heavy atom. The summed E-state index contributed by atoms with van der Waals surface area (Å²) in [7, 11) is 1.70. The lowest BCUT2D eigenvalue weighted by Gasteiger charge is -2.29. The van der Waals surface area contributed by atoms with Crippen LogP contribution in [0.15, 0.2) is 48.0 Å². The van der Waals surface area contributed by atoms with Crippen molar-refractivity contribution >= 4 is 11.3 Å². The van der Waals surface area contributed by atoms with E-state index in [4.69, 9.17) is 4.74 Å². The van der Waals surface area contributed by atoms with Gasteiger partial charge in [0.15, 0.2) is 0 Å². The molecule has 4 nitrogen and oxygen atoms in total. The SMILES string of the molecule is COc1ccc(-c2[nH]ncc2CN2CCCCCC2c2cccs2)cc1. The van der Waals surface area contributed by atoms with Gasteiger partial charge < -0.3 is 4.74 Å². The van der Waals surface area contributed by atoms with Gasteiger partial charge in [0.05, 0.1) is 19.0 Å². The number of ether oxygens (including phenoxy) is 1. The summed E-state index contributed by atoms with van der Waals surface area (Å²) in [4.78, 5) is 4.12. The second kappa shape index (κ2) is 8.06. The van der Waals surface area contributed by atoms with Crippen molar-refractivity contribution in [1.82, 2.24) is 15.1 Å². The summed E-state index contributed by atoms with van der Waals surface area (Å²) in [6.07, 6.45) is 7.15. The molecule has 3 aromatic rings. The van der Waals surface area contributed by atoms with Crippen LogP contribution in [0.3, 0.4) is 0 Å². The smallest absolute Gasteiger partial charge is 0.118 e. The number of rotatable bonds is 5. The van der Waals surface area contributed by atoms with Crippen LogP contribution >= 0.6 is 11.3 Å². The summed E-state index contributed by atoms with van der Waals surface area (Å²) >= 11 is 1.88. The molecule has 1 saturated heterocycles. The molecular formula is C21H25N3OS. The number of likely N-dealkylation sites (tertiary alicyclic amines) is 1. The highest BCUT2D eigenvalue weighted by Crippen LogP contribution is 2.35. The quantitative estimate of drug-likeness (QED) is 0.668. The van der Waals surface area contributed by atoms with Crippen LogP contribution in [0.5, 0.6) is 5.75 Å². The number of thiophene rings is 1. The zero-order valence-corrected chi connectivity index (χ0v) is 16.0. The number of hydrogen-bond donors (Lipinski definition) is 1. The van der Waals surface area contributed by atoms with Gasteiger partial charge in [-0.25, -0.2) is 0 Å². The second-order valence-electron chi connectivity index (χ2n) is 6.85. The summed E-state index contributed by atoms with van der Waals surface area (Å²) in [6.45, 7) is 2.08. The molecule has 1 N–H and O–H groups in total. The number of benzene rings is 1. The average Bonchev–Trinajstić information content (AvgIpc) is 3.31. The van der Waals surface area contributed by atoms with E-state index in [1.807, 2.05) is 29.7 Å². The van der Waals surface area contributed by atoms with E-state index in [0.29, 0.717) is 6.04 Å². The summed E-state index contributed by atoms with van der Waals surface area (Å²) in [5, 5.41) is 9.73. The number of nitrogens with one attached hydrogen (secondary N) is 1. The minimum atomic E-state index is 0.524. The molecule has 0 spiro atoms. The normalized spacial score (nSPS) is 18.6. The topological polar surface area (TPSA) is 41.1 Å². The third-order valence-corrected chi connectivity index (χ3v) is 6.18. The number of nitrogens with zero attached hydrogens (tertiary/aromatic N) is 2. The first-order valence-electron chi connectivity index (χ1n) is 9.29. The van der Waals surface area contributed by atoms with Gasteiger partial charge in [0.1, 0.15) is 5.75 Å². The van der Waals surface area contributed by atoms with Crippen LogP contribution in [0, 0.1) is 0 Å². The Morgan fingerprint density at radius 3 is 2.85 bits per heavy atom. The Labute approximate surface area is 158 Å². The fourth-order valence-corrected chi connectivity index (χ4v) is 4.71. The molecule has 1 aliphatic rings. The zero-order chi connectivity index (χ0) is 17.8. The lowest BCUT2D eigenvalue weighted by atomic mass is 10.1. The number of H-pyrrole nitrogens is 1. The van der Waals surface area contributed by atoms with Crippen molar-refractivity contribution in [3.63, 3.8) is 0 Å². The monoisotopic (exact) mass is 367 g/mol. The fraction of sp³-hybridized carbons (Fsp3) is 0.381. The summed E-state index contributed by atoms with van der Waals surface area (Å²) in [5.41, 5.74) is 3.53. The Bertz CT molecular complexity index is 810. The van der Waals surface area contributed by atoms with E-state index in [9.17, 15) is 0 Å². The van der Waals surface area contributed by atoms with Crippen LogP contribution in [0.4, 0.5) is 0 Å². The predicted octanol–water partition coefficient (Wildman–Crippen LogP) is 5.26. The fourth-order valence-electron chi connectivity index (χ4n) is 3.82. The van der Waals surface area contributed by atoms with Crippen molar-refractivity contribution < 1.29 is 4.74 Å². The van der Waals surface area contributed by atoms with Gasteiger partial charge in [0.2, 0.25) is 0 Å². The van der Waals surface area contributed by atoms with Gasteiger partial charge in [-0.15, -0.1) is 11.3 Å². The first-order chi connectivity index (χ1) is 12.8. The molecule has 0 saturated carbocycles. The molecule has 2 aromatic heterocycles. The predicted molar refractivity (Wildman–Crippen MR) is 107 cm³/mol. The highest BCUT2D eigenvalue weighted by Gasteiger charge is 2.24. The highest BCUT2D eigenvalue weighted by atomic mass is 32.1. The van der Waals surface area contributed by atoms with Crippen LogP contribution in [-0.4, -0.2) is 28.8 Å². The van der Waals surface area contributed by atoms with E-state index in [1.165, 1.54) is 36.1 Å². The van der Waals surface area contributed by atoms with E-state index >= 15 is 0 Å². The minimum Gasteiger partial charge on any atom is -0.497 e. The molecule has 3 heterocycles. The third kappa shape index (κ3) is 3.69. The van der Waals surface area contributed by atoms with Gasteiger partial charge in [-0.3, -0.25) is 10.00 Å². The van der Waals surface area contributed by atoms with Crippen LogP contribution in [-0.2, 0) is 6.54 Å². The van der Waals surface area contributed by atoms with Crippen molar-refractivity contribution in [3.05, 3.63) is 58.4 Å². The van der Waals surface area contributed by atoms with E-state index in [-0.39, 0.29) is 0 Å².